The second kappa shape index (κ2) is 12.8. The van der Waals surface area contributed by atoms with Crippen LogP contribution in [0.3, 0.4) is 0 Å². The predicted octanol–water partition coefficient (Wildman–Crippen LogP) is 5.26. The van der Waals surface area contributed by atoms with Crippen LogP contribution in [0.2, 0.25) is 0 Å². The van der Waals surface area contributed by atoms with E-state index in [-0.39, 0.29) is 19.1 Å². The van der Waals surface area contributed by atoms with Crippen molar-refractivity contribution in [1.29, 1.82) is 0 Å². The summed E-state index contributed by atoms with van der Waals surface area (Å²) in [5.41, 5.74) is 6.08. The number of carboxylic acids is 1. The Morgan fingerprint density at radius 3 is 2.10 bits per heavy atom. The fraction of sp³-hybridized carbons (Fsp3) is 0.182. The highest BCUT2D eigenvalue weighted by Gasteiger charge is 2.30. The molecule has 1 unspecified atom stereocenters. The lowest BCUT2D eigenvalue weighted by Crippen LogP contribution is -2.48. The summed E-state index contributed by atoms with van der Waals surface area (Å²) in [6, 6.07) is 31.6. The molecule has 0 spiro atoms. The highest BCUT2D eigenvalue weighted by Crippen LogP contribution is 2.44. The number of nitrogens with one attached hydrogen (secondary N) is 2. The van der Waals surface area contributed by atoms with Gasteiger partial charge in [-0.3, -0.25) is 9.59 Å². The standard InChI is InChI=1S/C33H30N2O6/c36-31(37)18-30(32(38)34-19-23-11-8-12-24(17-23)40-20-22-9-2-1-3-10-22)35-33(39)41-21-29-27-15-6-4-13-25(27)26-14-5-7-16-28(26)29/h1-17,29-30H,18-21H2,(H,34,38)(H,35,39)(H,36,37). The van der Waals surface area contributed by atoms with E-state index in [1.54, 1.807) is 6.07 Å². The van der Waals surface area contributed by atoms with E-state index in [1.807, 2.05) is 97.1 Å². The molecule has 0 saturated carbocycles. The van der Waals surface area contributed by atoms with Crippen LogP contribution >= 0.6 is 0 Å². The summed E-state index contributed by atoms with van der Waals surface area (Å²) >= 11 is 0. The Hall–Kier alpha value is -5.11. The van der Waals surface area contributed by atoms with Gasteiger partial charge in [-0.05, 0) is 45.5 Å². The van der Waals surface area contributed by atoms with Crippen molar-refractivity contribution in [2.24, 2.45) is 0 Å². The first-order valence-corrected chi connectivity index (χ1v) is 13.3. The number of hydrogen-bond acceptors (Lipinski definition) is 5. The van der Waals surface area contributed by atoms with Gasteiger partial charge in [-0.25, -0.2) is 4.79 Å². The molecule has 0 heterocycles. The fourth-order valence-electron chi connectivity index (χ4n) is 4.96. The van der Waals surface area contributed by atoms with Gasteiger partial charge in [0.25, 0.3) is 0 Å². The summed E-state index contributed by atoms with van der Waals surface area (Å²) in [5, 5.41) is 14.5. The summed E-state index contributed by atoms with van der Waals surface area (Å²) in [5.74, 6) is -1.37. The minimum Gasteiger partial charge on any atom is -0.489 e. The maximum Gasteiger partial charge on any atom is 0.407 e. The molecule has 1 aliphatic carbocycles. The molecule has 1 atom stereocenters. The molecule has 8 heteroatoms. The molecular formula is C33H30N2O6. The van der Waals surface area contributed by atoms with Crippen LogP contribution < -0.4 is 15.4 Å². The summed E-state index contributed by atoms with van der Waals surface area (Å²) in [6.45, 7) is 0.586. The first kappa shape index (κ1) is 27.5. The summed E-state index contributed by atoms with van der Waals surface area (Å²) < 4.78 is 11.3. The van der Waals surface area contributed by atoms with Gasteiger partial charge in [0, 0.05) is 12.5 Å². The predicted molar refractivity (Wildman–Crippen MR) is 153 cm³/mol. The zero-order chi connectivity index (χ0) is 28.6. The first-order valence-electron chi connectivity index (χ1n) is 13.3. The van der Waals surface area contributed by atoms with Crippen molar-refractivity contribution in [3.63, 3.8) is 0 Å². The molecule has 5 rings (SSSR count). The minimum absolute atomic E-state index is 0.0526. The molecule has 0 saturated heterocycles. The summed E-state index contributed by atoms with van der Waals surface area (Å²) in [7, 11) is 0. The maximum atomic E-state index is 12.9. The van der Waals surface area contributed by atoms with Crippen LogP contribution in [0, 0.1) is 0 Å². The molecule has 1 aliphatic rings. The SMILES string of the molecule is O=C(O)CC(NC(=O)OCC1c2ccccc2-c2ccccc21)C(=O)NCc1cccc(OCc2ccccc2)c1. The van der Waals surface area contributed by atoms with E-state index in [9.17, 15) is 19.5 Å². The number of amides is 2. The number of alkyl carbamates (subject to hydrolysis) is 1. The highest BCUT2D eigenvalue weighted by molar-refractivity contribution is 5.89. The first-order chi connectivity index (χ1) is 20.0. The Morgan fingerprint density at radius 1 is 0.780 bits per heavy atom. The van der Waals surface area contributed by atoms with Crippen LogP contribution in [0.5, 0.6) is 5.75 Å². The molecule has 4 aromatic carbocycles. The van der Waals surface area contributed by atoms with Gasteiger partial charge in [0.2, 0.25) is 5.91 Å². The molecule has 3 N–H and O–H groups in total. The van der Waals surface area contributed by atoms with Crippen molar-refractivity contribution < 1.29 is 29.0 Å². The Balaban J connectivity index is 1.16. The molecule has 2 amide bonds. The highest BCUT2D eigenvalue weighted by atomic mass is 16.5. The second-order valence-electron chi connectivity index (χ2n) is 9.76. The number of fused-ring (bicyclic) bond motifs is 3. The van der Waals surface area contributed by atoms with E-state index in [4.69, 9.17) is 9.47 Å². The van der Waals surface area contributed by atoms with Crippen molar-refractivity contribution >= 4 is 18.0 Å². The van der Waals surface area contributed by atoms with E-state index >= 15 is 0 Å². The number of carbonyl (C=O) groups is 3. The second-order valence-corrected chi connectivity index (χ2v) is 9.76. The molecule has 0 fully saturated rings. The van der Waals surface area contributed by atoms with Gasteiger partial charge in [0.15, 0.2) is 0 Å². The van der Waals surface area contributed by atoms with Crippen LogP contribution in [0.15, 0.2) is 103 Å². The van der Waals surface area contributed by atoms with Crippen LogP contribution in [-0.4, -0.2) is 35.7 Å². The van der Waals surface area contributed by atoms with Crippen molar-refractivity contribution in [2.45, 2.75) is 31.5 Å². The third kappa shape index (κ3) is 6.91. The number of carboxylic acid groups (broad SMARTS) is 1. The molecule has 208 valence electrons. The van der Waals surface area contributed by atoms with Crippen molar-refractivity contribution in [3.05, 3.63) is 125 Å². The Bertz CT molecular complexity index is 1490. The van der Waals surface area contributed by atoms with Crippen molar-refractivity contribution in [1.82, 2.24) is 10.6 Å². The molecule has 0 radical (unpaired) electrons. The van der Waals surface area contributed by atoms with Crippen LogP contribution in [0.25, 0.3) is 11.1 Å². The Labute approximate surface area is 237 Å². The van der Waals surface area contributed by atoms with Crippen LogP contribution in [-0.2, 0) is 27.5 Å². The molecule has 0 bridgehead atoms. The average Bonchev–Trinajstić information content (AvgIpc) is 3.31. The molecule has 0 aromatic heterocycles. The number of benzene rings is 4. The smallest absolute Gasteiger partial charge is 0.407 e. The number of rotatable bonds is 11. The topological polar surface area (TPSA) is 114 Å². The van der Waals surface area contributed by atoms with Crippen LogP contribution in [0.1, 0.15) is 34.6 Å². The van der Waals surface area contributed by atoms with Gasteiger partial charge in [0.05, 0.1) is 6.42 Å². The maximum absolute atomic E-state index is 12.9. The molecule has 8 nitrogen and oxygen atoms in total. The third-order valence-electron chi connectivity index (χ3n) is 6.94. The number of ether oxygens (including phenoxy) is 2. The number of aliphatic carboxylic acids is 1. The van der Waals surface area contributed by atoms with Gasteiger partial charge in [0.1, 0.15) is 25.0 Å². The van der Waals surface area contributed by atoms with E-state index < -0.39 is 30.4 Å². The lowest BCUT2D eigenvalue weighted by Gasteiger charge is -2.19. The molecular weight excluding hydrogens is 520 g/mol. The molecule has 41 heavy (non-hydrogen) atoms. The summed E-state index contributed by atoms with van der Waals surface area (Å²) in [6.07, 6.45) is -1.44. The lowest BCUT2D eigenvalue weighted by molar-refractivity contribution is -0.139. The van der Waals surface area contributed by atoms with E-state index in [0.29, 0.717) is 12.4 Å². The van der Waals surface area contributed by atoms with Gasteiger partial charge in [-0.2, -0.15) is 0 Å². The largest absolute Gasteiger partial charge is 0.489 e. The van der Waals surface area contributed by atoms with E-state index in [2.05, 4.69) is 10.6 Å². The van der Waals surface area contributed by atoms with Gasteiger partial charge < -0.3 is 25.2 Å². The normalized spacial score (nSPS) is 12.5. The third-order valence-corrected chi connectivity index (χ3v) is 6.94. The Kier molecular flexibility index (Phi) is 8.59. The lowest BCUT2D eigenvalue weighted by atomic mass is 9.98. The summed E-state index contributed by atoms with van der Waals surface area (Å²) in [4.78, 5) is 37.1. The van der Waals surface area contributed by atoms with Crippen molar-refractivity contribution in [3.8, 4) is 16.9 Å². The zero-order valence-electron chi connectivity index (χ0n) is 22.3. The van der Waals surface area contributed by atoms with Gasteiger partial charge >= 0.3 is 12.1 Å². The minimum atomic E-state index is -1.30. The Morgan fingerprint density at radius 2 is 1.41 bits per heavy atom. The van der Waals surface area contributed by atoms with E-state index in [0.717, 1.165) is 33.4 Å². The monoisotopic (exact) mass is 550 g/mol. The van der Waals surface area contributed by atoms with Gasteiger partial charge in [-0.15, -0.1) is 0 Å². The van der Waals surface area contributed by atoms with E-state index in [1.165, 1.54) is 0 Å². The quantitative estimate of drug-likeness (QED) is 0.235. The van der Waals surface area contributed by atoms with Crippen LogP contribution in [0.4, 0.5) is 4.79 Å². The fourth-order valence-corrected chi connectivity index (χ4v) is 4.96. The molecule has 0 aliphatic heterocycles. The molecule has 4 aromatic rings. The number of hydrogen-bond donors (Lipinski definition) is 3. The average molecular weight is 551 g/mol. The van der Waals surface area contributed by atoms with Crippen molar-refractivity contribution in [2.75, 3.05) is 6.61 Å². The van der Waals surface area contributed by atoms with Gasteiger partial charge in [-0.1, -0.05) is 91.0 Å². The number of carbonyl (C=O) groups excluding carboxylic acids is 2. The zero-order valence-corrected chi connectivity index (χ0v) is 22.3.